The molecule has 5 heteroatoms. The van der Waals surface area contributed by atoms with Crippen molar-refractivity contribution in [2.24, 2.45) is 5.92 Å². The van der Waals surface area contributed by atoms with E-state index in [2.05, 4.69) is 41.1 Å². The third-order valence-corrected chi connectivity index (χ3v) is 5.74. The van der Waals surface area contributed by atoms with Crippen molar-refractivity contribution >= 4 is 5.91 Å². The molecule has 1 amide bonds. The van der Waals surface area contributed by atoms with Crippen molar-refractivity contribution in [3.63, 3.8) is 0 Å². The maximum absolute atomic E-state index is 12.8. The standard InChI is InChI=1S/C22H37N3O2/c1-3-19(2)21(20-9-5-4-6-10-20)22(27)23-11-7-8-12-24-13-15-25(16-14-24)17-18-26/h4-6,9-10,19,21,26H,3,7-8,11-18H2,1-2H3,(H,23,27)/t19-,21-/m1/s1. The van der Waals surface area contributed by atoms with Crippen LogP contribution in [0.5, 0.6) is 0 Å². The van der Waals surface area contributed by atoms with E-state index in [1.54, 1.807) is 0 Å². The Labute approximate surface area is 164 Å². The molecule has 2 N–H and O–H groups in total. The maximum atomic E-state index is 12.8. The molecule has 0 unspecified atom stereocenters. The lowest BCUT2D eigenvalue weighted by molar-refractivity contribution is -0.123. The van der Waals surface area contributed by atoms with Gasteiger partial charge in [0.25, 0.3) is 0 Å². The van der Waals surface area contributed by atoms with Gasteiger partial charge < -0.3 is 15.3 Å². The molecule has 5 nitrogen and oxygen atoms in total. The van der Waals surface area contributed by atoms with Crippen molar-refractivity contribution in [1.82, 2.24) is 15.1 Å². The molecule has 0 radical (unpaired) electrons. The number of rotatable bonds is 11. The van der Waals surface area contributed by atoms with Gasteiger partial charge in [-0.05, 0) is 30.9 Å². The van der Waals surface area contributed by atoms with Crippen LogP contribution >= 0.6 is 0 Å². The fraction of sp³-hybridized carbons (Fsp3) is 0.682. The first-order valence-corrected chi connectivity index (χ1v) is 10.5. The van der Waals surface area contributed by atoms with E-state index >= 15 is 0 Å². The van der Waals surface area contributed by atoms with Crippen molar-refractivity contribution in [1.29, 1.82) is 0 Å². The fourth-order valence-electron chi connectivity index (χ4n) is 3.79. The van der Waals surface area contributed by atoms with E-state index in [0.717, 1.165) is 70.6 Å². The Hall–Kier alpha value is -1.43. The highest BCUT2D eigenvalue weighted by atomic mass is 16.3. The van der Waals surface area contributed by atoms with Gasteiger partial charge in [-0.2, -0.15) is 0 Å². The zero-order valence-electron chi connectivity index (χ0n) is 17.1. The van der Waals surface area contributed by atoms with Crippen molar-refractivity contribution in [3.8, 4) is 0 Å². The van der Waals surface area contributed by atoms with Crippen LogP contribution in [-0.4, -0.2) is 73.2 Å². The SMILES string of the molecule is CC[C@@H](C)[C@@H](C(=O)NCCCCN1CCN(CCO)CC1)c1ccccc1. The number of nitrogens with zero attached hydrogens (tertiary/aromatic N) is 2. The molecule has 1 fully saturated rings. The first kappa shape index (κ1) is 21.9. The molecular weight excluding hydrogens is 338 g/mol. The number of aliphatic hydroxyl groups is 1. The monoisotopic (exact) mass is 375 g/mol. The number of aliphatic hydroxyl groups excluding tert-OH is 1. The van der Waals surface area contributed by atoms with E-state index in [-0.39, 0.29) is 18.4 Å². The minimum absolute atomic E-state index is 0.0594. The van der Waals surface area contributed by atoms with Crippen LogP contribution < -0.4 is 5.32 Å². The summed E-state index contributed by atoms with van der Waals surface area (Å²) in [6.45, 7) is 11.4. The van der Waals surface area contributed by atoms with Crippen LogP contribution in [-0.2, 0) is 4.79 Å². The van der Waals surface area contributed by atoms with Crippen LogP contribution in [0, 0.1) is 5.92 Å². The van der Waals surface area contributed by atoms with E-state index < -0.39 is 0 Å². The van der Waals surface area contributed by atoms with Crippen LogP contribution in [0.25, 0.3) is 0 Å². The largest absolute Gasteiger partial charge is 0.395 e. The van der Waals surface area contributed by atoms with Crippen LogP contribution in [0.2, 0.25) is 0 Å². The van der Waals surface area contributed by atoms with Crippen molar-refractivity contribution in [3.05, 3.63) is 35.9 Å². The molecule has 2 rings (SSSR count). The molecule has 1 aromatic rings. The minimum Gasteiger partial charge on any atom is -0.395 e. The Morgan fingerprint density at radius 1 is 1.07 bits per heavy atom. The predicted molar refractivity (Wildman–Crippen MR) is 111 cm³/mol. The molecule has 2 atom stereocenters. The third-order valence-electron chi connectivity index (χ3n) is 5.74. The summed E-state index contributed by atoms with van der Waals surface area (Å²) in [5, 5.41) is 12.2. The molecule has 0 saturated carbocycles. The molecule has 0 spiro atoms. The number of carbonyl (C=O) groups is 1. The van der Waals surface area contributed by atoms with Crippen molar-refractivity contribution < 1.29 is 9.90 Å². The van der Waals surface area contributed by atoms with Gasteiger partial charge in [0.1, 0.15) is 0 Å². The van der Waals surface area contributed by atoms with Gasteiger partial charge in [-0.25, -0.2) is 0 Å². The van der Waals surface area contributed by atoms with Crippen molar-refractivity contribution in [2.75, 3.05) is 52.4 Å². The van der Waals surface area contributed by atoms with Gasteiger partial charge in [0.2, 0.25) is 5.91 Å². The summed E-state index contributed by atoms with van der Waals surface area (Å²) in [5.74, 6) is 0.437. The normalized spacial score (nSPS) is 18.2. The average Bonchev–Trinajstić information content (AvgIpc) is 2.70. The predicted octanol–water partition coefficient (Wildman–Crippen LogP) is 2.32. The molecule has 1 aliphatic rings. The maximum Gasteiger partial charge on any atom is 0.227 e. The van der Waals surface area contributed by atoms with Gasteiger partial charge in [0.15, 0.2) is 0 Å². The summed E-state index contributed by atoms with van der Waals surface area (Å²) in [6.07, 6.45) is 3.12. The average molecular weight is 376 g/mol. The second-order valence-corrected chi connectivity index (χ2v) is 7.68. The van der Waals surface area contributed by atoms with Gasteiger partial charge in [0.05, 0.1) is 12.5 Å². The number of benzene rings is 1. The highest BCUT2D eigenvalue weighted by molar-refractivity contribution is 5.83. The van der Waals surface area contributed by atoms with Crippen LogP contribution in [0.4, 0.5) is 0 Å². The summed E-state index contributed by atoms with van der Waals surface area (Å²) in [4.78, 5) is 17.6. The first-order valence-electron chi connectivity index (χ1n) is 10.5. The number of carbonyl (C=O) groups excluding carboxylic acids is 1. The zero-order valence-corrected chi connectivity index (χ0v) is 17.1. The van der Waals surface area contributed by atoms with Crippen LogP contribution in [0.3, 0.4) is 0 Å². The molecule has 1 heterocycles. The van der Waals surface area contributed by atoms with E-state index in [1.165, 1.54) is 0 Å². The third kappa shape index (κ3) is 7.24. The highest BCUT2D eigenvalue weighted by Gasteiger charge is 2.25. The molecule has 0 aliphatic carbocycles. The lowest BCUT2D eigenvalue weighted by Crippen LogP contribution is -2.47. The van der Waals surface area contributed by atoms with Gasteiger partial charge in [0, 0.05) is 39.3 Å². The van der Waals surface area contributed by atoms with Gasteiger partial charge in [-0.3, -0.25) is 9.69 Å². The Bertz CT molecular complexity index is 530. The number of amides is 1. The summed E-state index contributed by atoms with van der Waals surface area (Å²) < 4.78 is 0. The van der Waals surface area contributed by atoms with E-state index in [4.69, 9.17) is 5.11 Å². The molecule has 1 aliphatic heterocycles. The summed E-state index contributed by atoms with van der Waals surface area (Å²) in [6, 6.07) is 10.1. The number of hydrogen-bond donors (Lipinski definition) is 2. The van der Waals surface area contributed by atoms with E-state index in [0.29, 0.717) is 5.92 Å². The minimum atomic E-state index is -0.0594. The quantitative estimate of drug-likeness (QED) is 0.583. The molecule has 0 bridgehead atoms. The fourth-order valence-corrected chi connectivity index (χ4v) is 3.79. The lowest BCUT2D eigenvalue weighted by Gasteiger charge is -2.34. The van der Waals surface area contributed by atoms with E-state index in [1.807, 2.05) is 18.2 Å². The number of β-amino-alcohol motifs (C(OH)–C–C–N with tert-alkyl or cyclic N) is 1. The lowest BCUT2D eigenvalue weighted by atomic mass is 9.85. The number of piperazine rings is 1. The Morgan fingerprint density at radius 3 is 2.30 bits per heavy atom. The molecule has 1 aromatic carbocycles. The Kier molecular flexibility index (Phi) is 9.81. The van der Waals surface area contributed by atoms with Gasteiger partial charge in [-0.15, -0.1) is 0 Å². The molecule has 27 heavy (non-hydrogen) atoms. The summed E-state index contributed by atoms with van der Waals surface area (Å²) >= 11 is 0. The second kappa shape index (κ2) is 12.1. The topological polar surface area (TPSA) is 55.8 Å². The molecule has 1 saturated heterocycles. The second-order valence-electron chi connectivity index (χ2n) is 7.68. The first-order chi connectivity index (χ1) is 13.2. The Balaban J connectivity index is 1.67. The highest BCUT2D eigenvalue weighted by Crippen LogP contribution is 2.27. The molecule has 0 aromatic heterocycles. The van der Waals surface area contributed by atoms with Crippen LogP contribution in [0.1, 0.15) is 44.6 Å². The number of unbranched alkanes of at least 4 members (excludes halogenated alkanes) is 1. The van der Waals surface area contributed by atoms with E-state index in [9.17, 15) is 4.79 Å². The van der Waals surface area contributed by atoms with Crippen LogP contribution in [0.15, 0.2) is 30.3 Å². The Morgan fingerprint density at radius 2 is 1.70 bits per heavy atom. The summed E-state index contributed by atoms with van der Waals surface area (Å²) in [7, 11) is 0. The summed E-state index contributed by atoms with van der Waals surface area (Å²) in [5.41, 5.74) is 1.12. The molecular formula is C22H37N3O2. The smallest absolute Gasteiger partial charge is 0.227 e. The zero-order chi connectivity index (χ0) is 19.5. The van der Waals surface area contributed by atoms with Crippen molar-refractivity contribution in [2.45, 2.75) is 39.0 Å². The van der Waals surface area contributed by atoms with Gasteiger partial charge in [-0.1, -0.05) is 50.6 Å². The molecule has 152 valence electrons. The number of hydrogen-bond acceptors (Lipinski definition) is 4. The van der Waals surface area contributed by atoms with Gasteiger partial charge >= 0.3 is 0 Å². The number of nitrogens with one attached hydrogen (secondary N) is 1.